The van der Waals surface area contributed by atoms with Crippen molar-refractivity contribution in [2.45, 2.75) is 6.92 Å². The Hall–Kier alpha value is -2.18. The topological polar surface area (TPSA) is 64.5 Å². The first-order valence-electron chi connectivity index (χ1n) is 7.81. The highest BCUT2D eigenvalue weighted by Gasteiger charge is 2.21. The Labute approximate surface area is 145 Å². The van der Waals surface area contributed by atoms with Gasteiger partial charge in [0.2, 0.25) is 0 Å². The molecule has 0 aliphatic carbocycles. The van der Waals surface area contributed by atoms with E-state index in [0.29, 0.717) is 60.6 Å². The summed E-state index contributed by atoms with van der Waals surface area (Å²) in [5.41, 5.74) is 1.57. The Morgan fingerprint density at radius 1 is 1.33 bits per heavy atom. The summed E-state index contributed by atoms with van der Waals surface area (Å²) in [5.74, 6) is 0.514. The molecule has 0 atom stereocenters. The van der Waals surface area contributed by atoms with Crippen LogP contribution in [0.5, 0.6) is 5.75 Å². The van der Waals surface area contributed by atoms with E-state index in [-0.39, 0.29) is 5.91 Å². The minimum Gasteiger partial charge on any atom is -0.493 e. The molecule has 1 aliphatic heterocycles. The molecular weight excluding hydrogens is 330 g/mol. The van der Waals surface area contributed by atoms with Gasteiger partial charge in [0.15, 0.2) is 0 Å². The summed E-state index contributed by atoms with van der Waals surface area (Å²) in [7, 11) is 0. The van der Waals surface area contributed by atoms with Gasteiger partial charge in [-0.3, -0.25) is 9.78 Å². The molecular formula is C17H18ClN3O3. The van der Waals surface area contributed by atoms with Crippen LogP contribution in [0.25, 0.3) is 11.3 Å². The zero-order chi connectivity index (χ0) is 16.9. The number of carbonyl (C=O) groups excluding carboxylic acids is 1. The van der Waals surface area contributed by atoms with Gasteiger partial charge in [-0.25, -0.2) is 4.98 Å². The predicted molar refractivity (Wildman–Crippen MR) is 90.4 cm³/mol. The van der Waals surface area contributed by atoms with Crippen LogP contribution in [0.2, 0.25) is 5.02 Å². The van der Waals surface area contributed by atoms with Crippen LogP contribution in [0, 0.1) is 0 Å². The van der Waals surface area contributed by atoms with E-state index in [0.717, 1.165) is 0 Å². The summed E-state index contributed by atoms with van der Waals surface area (Å²) < 4.78 is 10.9. The molecule has 1 saturated heterocycles. The second kappa shape index (κ2) is 7.59. The van der Waals surface area contributed by atoms with E-state index < -0.39 is 0 Å². The van der Waals surface area contributed by atoms with Crippen molar-refractivity contribution in [2.75, 3.05) is 32.9 Å². The predicted octanol–water partition coefficient (Wildman–Crippen LogP) is 2.67. The van der Waals surface area contributed by atoms with Gasteiger partial charge < -0.3 is 14.4 Å². The lowest BCUT2D eigenvalue weighted by Crippen LogP contribution is -2.41. The number of aromatic nitrogens is 2. The van der Waals surface area contributed by atoms with Crippen LogP contribution in [0.15, 0.2) is 30.6 Å². The molecule has 6 nitrogen and oxygen atoms in total. The molecule has 0 bridgehead atoms. The third kappa shape index (κ3) is 3.66. The van der Waals surface area contributed by atoms with Crippen molar-refractivity contribution in [3.63, 3.8) is 0 Å². The molecule has 0 saturated carbocycles. The van der Waals surface area contributed by atoms with Crippen LogP contribution in [0.4, 0.5) is 0 Å². The number of benzene rings is 1. The average Bonchev–Trinajstić information content (AvgIpc) is 2.63. The molecule has 1 aromatic heterocycles. The summed E-state index contributed by atoms with van der Waals surface area (Å²) in [6.45, 7) is 4.64. The molecule has 1 amide bonds. The lowest BCUT2D eigenvalue weighted by Gasteiger charge is -2.26. The second-order valence-electron chi connectivity index (χ2n) is 5.27. The van der Waals surface area contributed by atoms with Crippen LogP contribution in [-0.4, -0.2) is 53.7 Å². The summed E-state index contributed by atoms with van der Waals surface area (Å²) >= 11 is 6.10. The Bertz CT molecular complexity index is 733. The largest absolute Gasteiger partial charge is 0.493 e. The summed E-state index contributed by atoms with van der Waals surface area (Å²) in [6.07, 6.45) is 3.08. The van der Waals surface area contributed by atoms with E-state index in [1.165, 1.54) is 6.20 Å². The van der Waals surface area contributed by atoms with Crippen molar-refractivity contribution in [3.05, 3.63) is 41.3 Å². The van der Waals surface area contributed by atoms with E-state index in [2.05, 4.69) is 9.97 Å². The first-order chi connectivity index (χ1) is 11.7. The maximum atomic E-state index is 12.6. The molecule has 0 spiro atoms. The monoisotopic (exact) mass is 347 g/mol. The average molecular weight is 348 g/mol. The van der Waals surface area contributed by atoms with Gasteiger partial charge in [-0.05, 0) is 25.1 Å². The highest BCUT2D eigenvalue weighted by molar-refractivity contribution is 6.30. The molecule has 126 valence electrons. The summed E-state index contributed by atoms with van der Waals surface area (Å²) in [6, 6.07) is 5.31. The number of nitrogens with zero attached hydrogens (tertiary/aromatic N) is 3. The fraction of sp³-hybridized carbons (Fsp3) is 0.353. The van der Waals surface area contributed by atoms with Crippen LogP contribution < -0.4 is 4.74 Å². The summed E-state index contributed by atoms with van der Waals surface area (Å²) in [5, 5.41) is 0.570. The maximum Gasteiger partial charge on any atom is 0.274 e. The molecule has 0 unspecified atom stereocenters. The van der Waals surface area contributed by atoms with Crippen molar-refractivity contribution >= 4 is 17.5 Å². The molecule has 1 aromatic carbocycles. The van der Waals surface area contributed by atoms with Crippen LogP contribution >= 0.6 is 11.6 Å². The Morgan fingerprint density at radius 2 is 2.12 bits per heavy atom. The molecule has 1 fully saturated rings. The van der Waals surface area contributed by atoms with Crippen LogP contribution in [-0.2, 0) is 4.74 Å². The minimum absolute atomic E-state index is 0.146. The van der Waals surface area contributed by atoms with Gasteiger partial charge >= 0.3 is 0 Å². The van der Waals surface area contributed by atoms with Gasteiger partial charge in [-0.2, -0.15) is 0 Å². The first-order valence-corrected chi connectivity index (χ1v) is 8.18. The van der Waals surface area contributed by atoms with Gasteiger partial charge in [0.05, 0.1) is 37.9 Å². The Morgan fingerprint density at radius 3 is 2.88 bits per heavy atom. The molecule has 24 heavy (non-hydrogen) atoms. The van der Waals surface area contributed by atoms with Gasteiger partial charge in [-0.1, -0.05) is 11.6 Å². The minimum atomic E-state index is -0.146. The number of rotatable bonds is 4. The number of halogens is 1. The van der Waals surface area contributed by atoms with Crippen molar-refractivity contribution < 1.29 is 14.3 Å². The highest BCUT2D eigenvalue weighted by atomic mass is 35.5. The van der Waals surface area contributed by atoms with Gasteiger partial charge in [-0.15, -0.1) is 0 Å². The molecule has 2 heterocycles. The van der Waals surface area contributed by atoms with Crippen molar-refractivity contribution in [2.24, 2.45) is 0 Å². The second-order valence-corrected chi connectivity index (χ2v) is 5.70. The maximum absolute atomic E-state index is 12.6. The fourth-order valence-electron chi connectivity index (χ4n) is 2.51. The molecule has 2 aromatic rings. The number of morpholine rings is 1. The molecule has 0 N–H and O–H groups in total. The van der Waals surface area contributed by atoms with Crippen LogP contribution in [0.1, 0.15) is 17.4 Å². The van der Waals surface area contributed by atoms with E-state index >= 15 is 0 Å². The van der Waals surface area contributed by atoms with E-state index in [4.69, 9.17) is 21.1 Å². The standard InChI is InChI=1S/C17H18ClN3O3/c1-2-24-16-4-3-12(18)9-13(16)14-10-19-11-15(20-14)17(22)21-5-7-23-8-6-21/h3-4,9-11H,2,5-8H2,1H3. The van der Waals surface area contributed by atoms with Gasteiger partial charge in [0, 0.05) is 23.7 Å². The molecule has 1 aliphatic rings. The highest BCUT2D eigenvalue weighted by Crippen LogP contribution is 2.31. The number of ether oxygens (including phenoxy) is 2. The van der Waals surface area contributed by atoms with E-state index in [1.807, 2.05) is 6.92 Å². The fourth-order valence-corrected chi connectivity index (χ4v) is 2.68. The van der Waals surface area contributed by atoms with Crippen molar-refractivity contribution in [1.82, 2.24) is 14.9 Å². The lowest BCUT2D eigenvalue weighted by atomic mass is 10.1. The van der Waals surface area contributed by atoms with Crippen molar-refractivity contribution in [3.8, 4) is 17.0 Å². The zero-order valence-electron chi connectivity index (χ0n) is 13.4. The third-order valence-corrected chi connectivity index (χ3v) is 3.90. The van der Waals surface area contributed by atoms with E-state index in [1.54, 1.807) is 29.3 Å². The van der Waals surface area contributed by atoms with E-state index in [9.17, 15) is 4.79 Å². The molecule has 0 radical (unpaired) electrons. The Balaban J connectivity index is 1.93. The van der Waals surface area contributed by atoms with Crippen molar-refractivity contribution in [1.29, 1.82) is 0 Å². The lowest BCUT2D eigenvalue weighted by molar-refractivity contribution is 0.0299. The number of carbonyl (C=O) groups is 1. The third-order valence-electron chi connectivity index (χ3n) is 3.67. The Kier molecular flexibility index (Phi) is 5.27. The first kappa shape index (κ1) is 16.7. The van der Waals surface area contributed by atoms with Crippen LogP contribution in [0.3, 0.4) is 0 Å². The number of amides is 1. The molecule has 3 rings (SSSR count). The zero-order valence-corrected chi connectivity index (χ0v) is 14.1. The quantitative estimate of drug-likeness (QED) is 0.850. The number of hydrogen-bond acceptors (Lipinski definition) is 5. The van der Waals surface area contributed by atoms with Gasteiger partial charge in [0.25, 0.3) is 5.91 Å². The normalized spacial score (nSPS) is 14.5. The number of hydrogen-bond donors (Lipinski definition) is 0. The summed E-state index contributed by atoms with van der Waals surface area (Å²) in [4.78, 5) is 22.9. The molecule has 7 heteroatoms. The van der Waals surface area contributed by atoms with Gasteiger partial charge in [0.1, 0.15) is 11.4 Å². The smallest absolute Gasteiger partial charge is 0.274 e. The SMILES string of the molecule is CCOc1ccc(Cl)cc1-c1cncc(C(=O)N2CCOCC2)n1.